The van der Waals surface area contributed by atoms with Gasteiger partial charge in [-0.05, 0) is 30.2 Å². The summed E-state index contributed by atoms with van der Waals surface area (Å²) >= 11 is 0. The van der Waals surface area contributed by atoms with Crippen LogP contribution in [0.1, 0.15) is 23.3 Å². The minimum absolute atomic E-state index is 0.0602. The van der Waals surface area contributed by atoms with Gasteiger partial charge in [0.15, 0.2) is 17.4 Å². The summed E-state index contributed by atoms with van der Waals surface area (Å²) in [5.41, 5.74) is 1.70. The van der Waals surface area contributed by atoms with Gasteiger partial charge in [0.2, 0.25) is 0 Å². The smallest absolute Gasteiger partial charge is 0.183 e. The number of carbonyl (C=O) groups is 1. The third-order valence-corrected chi connectivity index (χ3v) is 4.58. The van der Waals surface area contributed by atoms with Crippen LogP contribution in [0.5, 0.6) is 0 Å². The fourth-order valence-corrected chi connectivity index (χ4v) is 3.03. The summed E-state index contributed by atoms with van der Waals surface area (Å²) in [5.74, 6) is -1.42. The lowest BCUT2D eigenvalue weighted by Crippen LogP contribution is -2.27. The standard InChI is InChI=1S/C19H16F2N2O2/c20-15-3-1-2-13(18(15)21)12-5-6-16-14(8-12)19(23-22-16)17(24)7-4-11-9-25-10-11/h1-3,5-6,8,11H,4,7,9-10H2,(H,22,23). The largest absolute Gasteiger partial charge is 0.381 e. The first-order chi connectivity index (χ1) is 12.1. The third kappa shape index (κ3) is 2.93. The second kappa shape index (κ2) is 6.37. The summed E-state index contributed by atoms with van der Waals surface area (Å²) in [7, 11) is 0. The molecular weight excluding hydrogens is 326 g/mol. The van der Waals surface area contributed by atoms with Crippen LogP contribution in [0.15, 0.2) is 36.4 Å². The molecule has 1 N–H and O–H groups in total. The van der Waals surface area contributed by atoms with Crippen LogP contribution in [0.4, 0.5) is 8.78 Å². The van der Waals surface area contributed by atoms with E-state index in [1.54, 1.807) is 18.2 Å². The third-order valence-electron chi connectivity index (χ3n) is 4.58. The highest BCUT2D eigenvalue weighted by Gasteiger charge is 2.22. The van der Waals surface area contributed by atoms with E-state index >= 15 is 0 Å². The van der Waals surface area contributed by atoms with Gasteiger partial charge in [0.25, 0.3) is 0 Å². The van der Waals surface area contributed by atoms with Crippen LogP contribution in [0.25, 0.3) is 22.0 Å². The number of benzene rings is 2. The number of halogens is 2. The van der Waals surface area contributed by atoms with Crippen molar-refractivity contribution in [1.82, 2.24) is 10.2 Å². The highest BCUT2D eigenvalue weighted by atomic mass is 19.2. The fraction of sp³-hybridized carbons (Fsp3) is 0.263. The van der Waals surface area contributed by atoms with Crippen molar-refractivity contribution in [3.63, 3.8) is 0 Å². The lowest BCUT2D eigenvalue weighted by Gasteiger charge is -2.25. The average Bonchev–Trinajstić information content (AvgIpc) is 2.99. The van der Waals surface area contributed by atoms with Crippen LogP contribution in [-0.2, 0) is 4.74 Å². The van der Waals surface area contributed by atoms with Crippen LogP contribution in [0.3, 0.4) is 0 Å². The van der Waals surface area contributed by atoms with Gasteiger partial charge in [0.05, 0.1) is 18.7 Å². The predicted molar refractivity (Wildman–Crippen MR) is 89.3 cm³/mol. The van der Waals surface area contributed by atoms with Crippen LogP contribution < -0.4 is 0 Å². The lowest BCUT2D eigenvalue weighted by molar-refractivity contribution is -0.0353. The minimum Gasteiger partial charge on any atom is -0.381 e. The van der Waals surface area contributed by atoms with E-state index in [0.29, 0.717) is 47.7 Å². The van der Waals surface area contributed by atoms with Crippen molar-refractivity contribution in [2.24, 2.45) is 5.92 Å². The Morgan fingerprint density at radius 1 is 1.24 bits per heavy atom. The molecule has 0 unspecified atom stereocenters. The van der Waals surface area contributed by atoms with Crippen molar-refractivity contribution in [2.45, 2.75) is 12.8 Å². The lowest BCUT2D eigenvalue weighted by atomic mass is 9.97. The zero-order valence-electron chi connectivity index (χ0n) is 13.4. The van der Waals surface area contributed by atoms with Gasteiger partial charge in [-0.25, -0.2) is 8.78 Å². The summed E-state index contributed by atoms with van der Waals surface area (Å²) in [6, 6.07) is 9.12. The van der Waals surface area contributed by atoms with Crippen LogP contribution in [0.2, 0.25) is 0 Å². The molecule has 3 aromatic rings. The number of rotatable bonds is 5. The Kier molecular flexibility index (Phi) is 4.05. The highest BCUT2D eigenvalue weighted by molar-refractivity contribution is 6.06. The van der Waals surface area contributed by atoms with E-state index in [9.17, 15) is 13.6 Å². The molecular formula is C19H16F2N2O2. The van der Waals surface area contributed by atoms with E-state index in [1.807, 2.05) is 0 Å². The molecule has 1 aromatic heterocycles. The molecule has 0 saturated carbocycles. The van der Waals surface area contributed by atoms with E-state index in [2.05, 4.69) is 10.2 Å². The van der Waals surface area contributed by atoms with E-state index in [1.165, 1.54) is 12.1 Å². The molecule has 2 aromatic carbocycles. The number of aromatic amines is 1. The number of hydrogen-bond donors (Lipinski definition) is 1. The number of Topliss-reactive ketones (excluding diaryl/α,β-unsaturated/α-hetero) is 1. The van der Waals surface area contributed by atoms with Gasteiger partial charge in [-0.3, -0.25) is 9.89 Å². The molecule has 1 aliphatic rings. The summed E-state index contributed by atoms with van der Waals surface area (Å²) in [5, 5.41) is 7.57. The maximum Gasteiger partial charge on any atom is 0.183 e. The van der Waals surface area contributed by atoms with Crippen molar-refractivity contribution in [3.05, 3.63) is 53.7 Å². The fourth-order valence-electron chi connectivity index (χ4n) is 3.03. The van der Waals surface area contributed by atoms with Crippen molar-refractivity contribution >= 4 is 16.7 Å². The Morgan fingerprint density at radius 2 is 2.08 bits per heavy atom. The Hall–Kier alpha value is -2.60. The first-order valence-electron chi connectivity index (χ1n) is 8.17. The van der Waals surface area contributed by atoms with Gasteiger partial charge >= 0.3 is 0 Å². The van der Waals surface area contributed by atoms with E-state index < -0.39 is 11.6 Å². The van der Waals surface area contributed by atoms with Crippen LogP contribution in [-0.4, -0.2) is 29.2 Å². The Morgan fingerprint density at radius 3 is 2.84 bits per heavy atom. The molecule has 4 rings (SSSR count). The van der Waals surface area contributed by atoms with E-state index in [0.717, 1.165) is 12.5 Å². The van der Waals surface area contributed by atoms with Gasteiger partial charge in [0.1, 0.15) is 5.69 Å². The number of aromatic nitrogens is 2. The molecule has 1 aliphatic heterocycles. The van der Waals surface area contributed by atoms with Crippen molar-refractivity contribution in [2.75, 3.05) is 13.2 Å². The molecule has 0 atom stereocenters. The molecule has 128 valence electrons. The average molecular weight is 342 g/mol. The molecule has 25 heavy (non-hydrogen) atoms. The monoisotopic (exact) mass is 342 g/mol. The van der Waals surface area contributed by atoms with Gasteiger partial charge in [-0.15, -0.1) is 0 Å². The van der Waals surface area contributed by atoms with Gasteiger partial charge in [-0.1, -0.05) is 18.2 Å². The van der Waals surface area contributed by atoms with Gasteiger partial charge in [-0.2, -0.15) is 5.10 Å². The van der Waals surface area contributed by atoms with E-state index in [4.69, 9.17) is 4.74 Å². The second-order valence-corrected chi connectivity index (χ2v) is 6.30. The molecule has 1 saturated heterocycles. The first-order valence-corrected chi connectivity index (χ1v) is 8.17. The number of nitrogens with zero attached hydrogens (tertiary/aromatic N) is 1. The van der Waals surface area contributed by atoms with Crippen molar-refractivity contribution in [1.29, 1.82) is 0 Å². The number of carbonyl (C=O) groups excluding carboxylic acids is 1. The molecule has 0 radical (unpaired) electrons. The van der Waals surface area contributed by atoms with Gasteiger partial charge < -0.3 is 4.74 Å². The Labute approximate surface area is 142 Å². The molecule has 0 spiro atoms. The molecule has 1 fully saturated rings. The number of fused-ring (bicyclic) bond motifs is 1. The molecule has 0 aliphatic carbocycles. The number of nitrogens with one attached hydrogen (secondary N) is 1. The van der Waals surface area contributed by atoms with Crippen LogP contribution >= 0.6 is 0 Å². The highest BCUT2D eigenvalue weighted by Crippen LogP contribution is 2.29. The Balaban J connectivity index is 1.67. The zero-order chi connectivity index (χ0) is 17.4. The quantitative estimate of drug-likeness (QED) is 0.710. The number of ether oxygens (including phenoxy) is 1. The predicted octanol–water partition coefficient (Wildman–Crippen LogP) is 4.12. The number of H-pyrrole nitrogens is 1. The maximum absolute atomic E-state index is 14.1. The molecule has 0 amide bonds. The zero-order valence-corrected chi connectivity index (χ0v) is 13.4. The Bertz CT molecular complexity index is 948. The van der Waals surface area contributed by atoms with E-state index in [-0.39, 0.29) is 11.3 Å². The normalized spacial score (nSPS) is 14.6. The maximum atomic E-state index is 14.1. The van der Waals surface area contributed by atoms with Crippen molar-refractivity contribution < 1.29 is 18.3 Å². The molecule has 4 nitrogen and oxygen atoms in total. The minimum atomic E-state index is -0.900. The first kappa shape index (κ1) is 15.9. The summed E-state index contributed by atoms with van der Waals surface area (Å²) in [6.45, 7) is 1.41. The number of hydrogen-bond acceptors (Lipinski definition) is 3. The molecule has 2 heterocycles. The molecule has 6 heteroatoms. The van der Waals surface area contributed by atoms with Gasteiger partial charge in [0, 0.05) is 23.3 Å². The second-order valence-electron chi connectivity index (χ2n) is 6.30. The van der Waals surface area contributed by atoms with Crippen LogP contribution in [0, 0.1) is 17.6 Å². The summed E-state index contributed by atoms with van der Waals surface area (Å²) in [4.78, 5) is 12.5. The van der Waals surface area contributed by atoms with Crippen molar-refractivity contribution in [3.8, 4) is 11.1 Å². The molecule has 0 bridgehead atoms. The topological polar surface area (TPSA) is 55.0 Å². The summed E-state index contributed by atoms with van der Waals surface area (Å²) < 4.78 is 32.6. The SMILES string of the molecule is O=C(CCC1COC1)c1n[nH]c2ccc(-c3cccc(F)c3F)cc12. The summed E-state index contributed by atoms with van der Waals surface area (Å²) in [6.07, 6.45) is 1.16. The number of ketones is 1.